The van der Waals surface area contributed by atoms with E-state index in [2.05, 4.69) is 5.32 Å². The lowest BCUT2D eigenvalue weighted by atomic mass is 10.2. The number of hydrogen-bond acceptors (Lipinski definition) is 3. The molecule has 0 heterocycles. The summed E-state index contributed by atoms with van der Waals surface area (Å²) in [4.78, 5) is 26.2. The summed E-state index contributed by atoms with van der Waals surface area (Å²) < 4.78 is 0. The van der Waals surface area contributed by atoms with Crippen molar-refractivity contribution in [1.82, 2.24) is 4.90 Å². The van der Waals surface area contributed by atoms with E-state index < -0.39 is 0 Å². The monoisotopic (exact) mass is 382 g/mol. The Kier molecular flexibility index (Phi) is 6.54. The second-order valence-corrected chi connectivity index (χ2v) is 6.97. The lowest BCUT2D eigenvalue weighted by Crippen LogP contribution is -2.22. The van der Waals surface area contributed by atoms with Crippen molar-refractivity contribution in [2.75, 3.05) is 25.2 Å². The topological polar surface area (TPSA) is 49.4 Å². The zero-order chi connectivity index (χ0) is 17.7. The summed E-state index contributed by atoms with van der Waals surface area (Å²) in [5.74, 6) is -0.163. The molecule has 0 aliphatic rings. The molecule has 0 spiro atoms. The molecule has 24 heavy (non-hydrogen) atoms. The first-order chi connectivity index (χ1) is 11.4. The van der Waals surface area contributed by atoms with Crippen LogP contribution in [0, 0.1) is 0 Å². The summed E-state index contributed by atoms with van der Waals surface area (Å²) in [6.45, 7) is 0. The molecule has 2 aromatic carbocycles. The third-order valence-electron chi connectivity index (χ3n) is 3.07. The van der Waals surface area contributed by atoms with Crippen molar-refractivity contribution in [3.63, 3.8) is 0 Å². The summed E-state index contributed by atoms with van der Waals surface area (Å²) in [7, 11) is 3.36. The Morgan fingerprint density at radius 2 is 1.71 bits per heavy atom. The molecular weight excluding hydrogens is 367 g/mol. The largest absolute Gasteiger partial charge is 0.345 e. The van der Waals surface area contributed by atoms with Gasteiger partial charge in [-0.3, -0.25) is 9.59 Å². The normalized spacial score (nSPS) is 10.3. The van der Waals surface area contributed by atoms with E-state index >= 15 is 0 Å². The van der Waals surface area contributed by atoms with Crippen molar-refractivity contribution in [2.24, 2.45) is 0 Å². The molecule has 0 radical (unpaired) electrons. The van der Waals surface area contributed by atoms with Crippen LogP contribution in [0.1, 0.15) is 10.4 Å². The predicted octanol–water partition coefficient (Wildman–Crippen LogP) is 4.43. The smallest absolute Gasteiger partial charge is 0.253 e. The van der Waals surface area contributed by atoms with Gasteiger partial charge in [-0.1, -0.05) is 35.3 Å². The van der Waals surface area contributed by atoms with E-state index in [4.69, 9.17) is 23.2 Å². The molecular formula is C17H16Cl2N2O2S. The van der Waals surface area contributed by atoms with Gasteiger partial charge in [-0.15, -0.1) is 11.8 Å². The van der Waals surface area contributed by atoms with Gasteiger partial charge in [-0.2, -0.15) is 0 Å². The van der Waals surface area contributed by atoms with Crippen molar-refractivity contribution in [1.29, 1.82) is 0 Å². The minimum absolute atomic E-state index is 0.122. The standard InChI is InChI=1S/C17H16Cl2N2O2S/c1-21(2)17(23)11-5-3-6-12(9-11)20-15(22)10-24-16-13(18)7-4-8-14(16)19/h3-9H,10H2,1-2H3,(H,20,22). The van der Waals surface area contributed by atoms with Gasteiger partial charge in [0.25, 0.3) is 5.91 Å². The molecule has 0 saturated carbocycles. The summed E-state index contributed by atoms with van der Waals surface area (Å²) in [5.41, 5.74) is 1.08. The highest BCUT2D eigenvalue weighted by Gasteiger charge is 2.11. The zero-order valence-corrected chi connectivity index (χ0v) is 15.5. The van der Waals surface area contributed by atoms with Gasteiger partial charge in [0, 0.05) is 30.2 Å². The molecule has 0 saturated heterocycles. The fourth-order valence-electron chi connectivity index (χ4n) is 1.94. The van der Waals surface area contributed by atoms with Gasteiger partial charge in [0.05, 0.1) is 15.8 Å². The number of rotatable bonds is 5. The highest BCUT2D eigenvalue weighted by atomic mass is 35.5. The number of carbonyl (C=O) groups is 2. The molecule has 0 aliphatic carbocycles. The number of anilines is 1. The second kappa shape index (κ2) is 8.42. The third-order valence-corrected chi connectivity index (χ3v) is 5.06. The maximum Gasteiger partial charge on any atom is 0.253 e. The van der Waals surface area contributed by atoms with Crippen LogP contribution in [0.5, 0.6) is 0 Å². The van der Waals surface area contributed by atoms with Gasteiger partial charge >= 0.3 is 0 Å². The fourth-order valence-corrected chi connectivity index (χ4v) is 3.43. The number of carbonyl (C=O) groups excluding carboxylic acids is 2. The van der Waals surface area contributed by atoms with Crippen LogP contribution in [0.2, 0.25) is 10.0 Å². The molecule has 126 valence electrons. The third kappa shape index (κ3) is 4.90. The Balaban J connectivity index is 2.00. The Bertz CT molecular complexity index is 746. The number of benzene rings is 2. The fraction of sp³-hybridized carbons (Fsp3) is 0.176. The number of thioether (sulfide) groups is 1. The highest BCUT2D eigenvalue weighted by Crippen LogP contribution is 2.33. The molecule has 0 bridgehead atoms. The lowest BCUT2D eigenvalue weighted by Gasteiger charge is -2.12. The summed E-state index contributed by atoms with van der Waals surface area (Å²) in [6, 6.07) is 12.0. The molecule has 0 unspecified atom stereocenters. The SMILES string of the molecule is CN(C)C(=O)c1cccc(NC(=O)CSc2c(Cl)cccc2Cl)c1. The van der Waals surface area contributed by atoms with E-state index in [1.165, 1.54) is 16.7 Å². The lowest BCUT2D eigenvalue weighted by molar-refractivity contribution is -0.113. The molecule has 0 aliphatic heterocycles. The van der Waals surface area contributed by atoms with E-state index in [1.54, 1.807) is 56.6 Å². The summed E-state index contributed by atoms with van der Waals surface area (Å²) in [5, 5.41) is 3.79. The van der Waals surface area contributed by atoms with Gasteiger partial charge in [-0.25, -0.2) is 0 Å². The molecule has 2 amide bonds. The maximum atomic E-state index is 12.1. The van der Waals surface area contributed by atoms with Gasteiger partial charge in [0.2, 0.25) is 5.91 Å². The van der Waals surface area contributed by atoms with Gasteiger partial charge < -0.3 is 10.2 Å². The average molecular weight is 383 g/mol. The number of halogens is 2. The van der Waals surface area contributed by atoms with E-state index in [-0.39, 0.29) is 17.6 Å². The van der Waals surface area contributed by atoms with Crippen molar-refractivity contribution < 1.29 is 9.59 Å². The molecule has 2 aromatic rings. The molecule has 7 heteroatoms. The van der Waals surface area contributed by atoms with Gasteiger partial charge in [0.15, 0.2) is 0 Å². The van der Waals surface area contributed by atoms with Crippen LogP contribution < -0.4 is 5.32 Å². The van der Waals surface area contributed by atoms with Gasteiger partial charge in [-0.05, 0) is 30.3 Å². The number of nitrogens with zero attached hydrogens (tertiary/aromatic N) is 1. The van der Waals surface area contributed by atoms with Crippen LogP contribution in [-0.4, -0.2) is 36.6 Å². The molecule has 0 fully saturated rings. The van der Waals surface area contributed by atoms with E-state index in [0.29, 0.717) is 26.2 Å². The Labute approximate surface area is 155 Å². The van der Waals surface area contributed by atoms with Crippen molar-refractivity contribution in [3.8, 4) is 0 Å². The zero-order valence-electron chi connectivity index (χ0n) is 13.2. The van der Waals surface area contributed by atoms with Crippen LogP contribution in [-0.2, 0) is 4.79 Å². The van der Waals surface area contributed by atoms with Gasteiger partial charge in [0.1, 0.15) is 0 Å². The van der Waals surface area contributed by atoms with Crippen LogP contribution in [0.25, 0.3) is 0 Å². The second-order valence-electron chi connectivity index (χ2n) is 5.17. The Hall–Kier alpha value is -1.69. The first-order valence-electron chi connectivity index (χ1n) is 7.07. The molecule has 1 N–H and O–H groups in total. The summed E-state index contributed by atoms with van der Waals surface area (Å²) in [6.07, 6.45) is 0. The number of amides is 2. The van der Waals surface area contributed by atoms with Crippen LogP contribution in [0.15, 0.2) is 47.4 Å². The van der Waals surface area contributed by atoms with E-state index in [0.717, 1.165) is 0 Å². The molecule has 2 rings (SSSR count). The van der Waals surface area contributed by atoms with Crippen LogP contribution >= 0.6 is 35.0 Å². The summed E-state index contributed by atoms with van der Waals surface area (Å²) >= 11 is 13.4. The Morgan fingerprint density at radius 1 is 1.08 bits per heavy atom. The molecule has 0 atom stereocenters. The average Bonchev–Trinajstić information content (AvgIpc) is 2.53. The quantitative estimate of drug-likeness (QED) is 0.778. The number of nitrogens with one attached hydrogen (secondary N) is 1. The van der Waals surface area contributed by atoms with Crippen LogP contribution in [0.4, 0.5) is 5.69 Å². The highest BCUT2D eigenvalue weighted by molar-refractivity contribution is 8.00. The minimum atomic E-state index is -0.203. The molecule has 0 aromatic heterocycles. The maximum absolute atomic E-state index is 12.1. The first kappa shape index (κ1) is 18.6. The van der Waals surface area contributed by atoms with Crippen molar-refractivity contribution >= 4 is 52.5 Å². The number of hydrogen-bond donors (Lipinski definition) is 1. The first-order valence-corrected chi connectivity index (χ1v) is 8.81. The predicted molar refractivity (Wildman–Crippen MR) is 100 cm³/mol. The van der Waals surface area contributed by atoms with Crippen molar-refractivity contribution in [3.05, 3.63) is 58.1 Å². The Morgan fingerprint density at radius 3 is 2.33 bits per heavy atom. The van der Waals surface area contributed by atoms with E-state index in [9.17, 15) is 9.59 Å². The molecule has 4 nitrogen and oxygen atoms in total. The van der Waals surface area contributed by atoms with E-state index in [1.807, 2.05) is 0 Å². The van der Waals surface area contributed by atoms with Crippen LogP contribution in [0.3, 0.4) is 0 Å². The van der Waals surface area contributed by atoms with Crippen molar-refractivity contribution in [2.45, 2.75) is 4.90 Å². The minimum Gasteiger partial charge on any atom is -0.345 e.